The fraction of sp³-hybridized carbons (Fsp3) is 0.667. The molecule has 0 heterocycles. The van der Waals surface area contributed by atoms with E-state index < -0.39 is 0 Å². The molecule has 1 rings (SSSR count). The molecule has 13 heavy (non-hydrogen) atoms. The third-order valence-corrected chi connectivity index (χ3v) is 2.90. The molecule has 2 unspecified atom stereocenters. The predicted molar refractivity (Wildman–Crippen MR) is 56.5 cm³/mol. The van der Waals surface area contributed by atoms with Gasteiger partial charge >= 0.3 is 0 Å². The molecule has 1 nitrogen and oxygen atoms in total. The van der Waals surface area contributed by atoms with Gasteiger partial charge in [0, 0.05) is 0 Å². The zero-order valence-electron chi connectivity index (χ0n) is 9.04. The number of allylic oxidation sites excluding steroid dienone is 2. The molecule has 0 radical (unpaired) electrons. The van der Waals surface area contributed by atoms with Crippen molar-refractivity contribution in [2.75, 3.05) is 0 Å². The van der Waals surface area contributed by atoms with E-state index >= 15 is 0 Å². The first-order valence-corrected chi connectivity index (χ1v) is 4.97. The molecule has 0 saturated heterocycles. The maximum atomic E-state index is 9.28. The topological polar surface area (TPSA) is 20.2 Å². The van der Waals surface area contributed by atoms with Crippen LogP contribution in [0, 0.1) is 11.3 Å². The van der Waals surface area contributed by atoms with Crippen LogP contribution in [0.5, 0.6) is 0 Å². The lowest BCUT2D eigenvalue weighted by molar-refractivity contribution is 0.222. The molecule has 74 valence electrons. The van der Waals surface area contributed by atoms with Gasteiger partial charge in [-0.25, -0.2) is 0 Å². The van der Waals surface area contributed by atoms with Crippen LogP contribution >= 0.6 is 0 Å². The summed E-state index contributed by atoms with van der Waals surface area (Å²) >= 11 is 0. The number of aliphatic hydroxyl groups is 1. The smallest absolute Gasteiger partial charge is 0.0758 e. The molecule has 1 aliphatic carbocycles. The van der Waals surface area contributed by atoms with Crippen molar-refractivity contribution in [1.29, 1.82) is 0 Å². The molecule has 1 aliphatic rings. The van der Waals surface area contributed by atoms with Crippen LogP contribution in [0.2, 0.25) is 0 Å². The summed E-state index contributed by atoms with van der Waals surface area (Å²) in [5.74, 6) is 0.552. The number of aliphatic hydroxyl groups excluding tert-OH is 1. The molecule has 0 fully saturated rings. The lowest BCUT2D eigenvalue weighted by Gasteiger charge is -2.29. The van der Waals surface area contributed by atoms with Crippen LogP contribution in [0.15, 0.2) is 23.8 Å². The lowest BCUT2D eigenvalue weighted by Crippen LogP contribution is -2.20. The Morgan fingerprint density at radius 3 is 2.46 bits per heavy atom. The fourth-order valence-electron chi connectivity index (χ4n) is 1.45. The van der Waals surface area contributed by atoms with Gasteiger partial charge in [0.2, 0.25) is 0 Å². The second-order valence-electron chi connectivity index (χ2n) is 4.95. The molecular formula is C12H20O. The fourth-order valence-corrected chi connectivity index (χ4v) is 1.45. The van der Waals surface area contributed by atoms with Crippen LogP contribution in [-0.4, -0.2) is 11.2 Å². The largest absolute Gasteiger partial charge is 0.389 e. The van der Waals surface area contributed by atoms with E-state index in [1.165, 1.54) is 5.57 Å². The zero-order chi connectivity index (χ0) is 10.1. The second kappa shape index (κ2) is 3.67. The van der Waals surface area contributed by atoms with Gasteiger partial charge in [0.25, 0.3) is 0 Å². The highest BCUT2D eigenvalue weighted by Crippen LogP contribution is 2.33. The van der Waals surface area contributed by atoms with Crippen molar-refractivity contribution in [3.63, 3.8) is 0 Å². The molecule has 0 bridgehead atoms. The summed E-state index contributed by atoms with van der Waals surface area (Å²) < 4.78 is 0. The van der Waals surface area contributed by atoms with Crippen LogP contribution in [0.25, 0.3) is 0 Å². The molecule has 0 aromatic heterocycles. The summed E-state index contributed by atoms with van der Waals surface area (Å²) in [6, 6.07) is 0. The van der Waals surface area contributed by atoms with Gasteiger partial charge in [-0.2, -0.15) is 0 Å². The summed E-state index contributed by atoms with van der Waals surface area (Å²) in [4.78, 5) is 0. The van der Waals surface area contributed by atoms with Gasteiger partial charge in [-0.1, -0.05) is 45.9 Å². The molecule has 0 amide bonds. The van der Waals surface area contributed by atoms with Crippen molar-refractivity contribution in [3.8, 4) is 0 Å². The van der Waals surface area contributed by atoms with Crippen LogP contribution in [0.1, 0.15) is 34.1 Å². The maximum Gasteiger partial charge on any atom is 0.0758 e. The van der Waals surface area contributed by atoms with Gasteiger partial charge in [0.1, 0.15) is 0 Å². The van der Waals surface area contributed by atoms with E-state index in [0.717, 1.165) is 6.42 Å². The third kappa shape index (κ3) is 2.70. The van der Waals surface area contributed by atoms with E-state index in [4.69, 9.17) is 0 Å². The first-order valence-electron chi connectivity index (χ1n) is 4.97. The summed E-state index contributed by atoms with van der Waals surface area (Å²) in [6.45, 7) is 8.99. The first-order chi connectivity index (χ1) is 5.91. The molecule has 1 N–H and O–H groups in total. The second-order valence-corrected chi connectivity index (χ2v) is 4.95. The van der Waals surface area contributed by atoms with Crippen molar-refractivity contribution in [2.45, 2.75) is 40.2 Å². The lowest BCUT2D eigenvalue weighted by atomic mass is 9.76. The highest BCUT2D eigenvalue weighted by atomic mass is 16.3. The quantitative estimate of drug-likeness (QED) is 0.658. The molecule has 2 atom stereocenters. The summed E-state index contributed by atoms with van der Waals surface area (Å²) in [5, 5.41) is 9.28. The Morgan fingerprint density at radius 2 is 2.08 bits per heavy atom. The normalized spacial score (nSPS) is 25.6. The van der Waals surface area contributed by atoms with Crippen molar-refractivity contribution in [3.05, 3.63) is 23.8 Å². The Hall–Kier alpha value is -0.560. The van der Waals surface area contributed by atoms with Gasteiger partial charge in [0.05, 0.1) is 6.10 Å². The van der Waals surface area contributed by atoms with Crippen molar-refractivity contribution < 1.29 is 5.11 Å². The van der Waals surface area contributed by atoms with Crippen LogP contribution in [0.3, 0.4) is 0 Å². The highest BCUT2D eigenvalue weighted by molar-refractivity contribution is 5.27. The molecule has 0 spiro atoms. The molecule has 0 saturated carbocycles. The Balaban J connectivity index is 2.70. The molecule has 1 heteroatoms. The van der Waals surface area contributed by atoms with E-state index in [-0.39, 0.29) is 6.10 Å². The van der Waals surface area contributed by atoms with Crippen LogP contribution in [-0.2, 0) is 0 Å². The van der Waals surface area contributed by atoms with E-state index in [1.54, 1.807) is 0 Å². The number of hydrogen-bond donors (Lipinski definition) is 1. The summed E-state index contributed by atoms with van der Waals surface area (Å²) in [7, 11) is 0. The van der Waals surface area contributed by atoms with E-state index in [9.17, 15) is 5.11 Å². The highest BCUT2D eigenvalue weighted by Gasteiger charge is 2.23. The molecule has 0 aromatic rings. The Kier molecular flexibility index (Phi) is 2.97. The molecular weight excluding hydrogens is 160 g/mol. The summed E-state index contributed by atoms with van der Waals surface area (Å²) in [6.07, 6.45) is 6.60. The SMILES string of the molecule is CC(C1=CCC(O)C=C1)C(C)(C)C. The standard InChI is InChI=1S/C12H20O/c1-9(12(2,3)4)10-5-7-11(13)8-6-10/h5-7,9,11,13H,8H2,1-4H3. The minimum absolute atomic E-state index is 0.268. The monoisotopic (exact) mass is 180 g/mol. The van der Waals surface area contributed by atoms with Crippen molar-refractivity contribution in [1.82, 2.24) is 0 Å². The molecule has 0 aliphatic heterocycles. The van der Waals surface area contributed by atoms with Gasteiger partial charge < -0.3 is 5.11 Å². The van der Waals surface area contributed by atoms with Crippen molar-refractivity contribution in [2.24, 2.45) is 11.3 Å². The van der Waals surface area contributed by atoms with E-state index in [1.807, 2.05) is 6.08 Å². The van der Waals surface area contributed by atoms with Gasteiger partial charge in [-0.05, 0) is 23.3 Å². The summed E-state index contributed by atoms with van der Waals surface area (Å²) in [5.41, 5.74) is 1.66. The van der Waals surface area contributed by atoms with Gasteiger partial charge in [0.15, 0.2) is 0 Å². The van der Waals surface area contributed by atoms with Crippen LogP contribution in [0.4, 0.5) is 0 Å². The number of rotatable bonds is 1. The average molecular weight is 180 g/mol. The third-order valence-electron chi connectivity index (χ3n) is 2.90. The zero-order valence-corrected chi connectivity index (χ0v) is 9.04. The number of hydrogen-bond acceptors (Lipinski definition) is 1. The van der Waals surface area contributed by atoms with E-state index in [2.05, 4.69) is 39.8 Å². The molecule has 0 aromatic carbocycles. The van der Waals surface area contributed by atoms with Crippen LogP contribution < -0.4 is 0 Å². The Bertz CT molecular complexity index is 230. The minimum atomic E-state index is -0.268. The Morgan fingerprint density at radius 1 is 1.46 bits per heavy atom. The minimum Gasteiger partial charge on any atom is -0.389 e. The maximum absolute atomic E-state index is 9.28. The average Bonchev–Trinajstić information content (AvgIpc) is 2.03. The van der Waals surface area contributed by atoms with Gasteiger partial charge in [-0.3, -0.25) is 0 Å². The van der Waals surface area contributed by atoms with Crippen molar-refractivity contribution >= 4 is 0 Å². The van der Waals surface area contributed by atoms with E-state index in [0.29, 0.717) is 11.3 Å². The predicted octanol–water partition coefficient (Wildman–Crippen LogP) is 2.92. The van der Waals surface area contributed by atoms with Gasteiger partial charge in [-0.15, -0.1) is 0 Å². The Labute approximate surface area is 81.2 Å². The first kappa shape index (κ1) is 10.5.